The Balaban J connectivity index is 1.88. The highest BCUT2D eigenvalue weighted by atomic mass is 32.1. The van der Waals surface area contributed by atoms with E-state index < -0.39 is 17.7 Å². The van der Waals surface area contributed by atoms with E-state index in [-0.39, 0.29) is 17.9 Å². The molecule has 3 aromatic heterocycles. The molecule has 8 heteroatoms. The van der Waals surface area contributed by atoms with Crippen LogP contribution >= 0.6 is 11.3 Å². The van der Waals surface area contributed by atoms with Gasteiger partial charge in [0, 0.05) is 36.6 Å². The van der Waals surface area contributed by atoms with Crippen LogP contribution in [0.3, 0.4) is 0 Å². The number of thiophene rings is 1. The number of aliphatic hydroxyl groups excluding tert-OH is 1. The predicted octanol–water partition coefficient (Wildman–Crippen LogP) is 3.12. The van der Waals surface area contributed by atoms with Gasteiger partial charge in [-0.25, -0.2) is 0 Å². The summed E-state index contributed by atoms with van der Waals surface area (Å²) in [5, 5.41) is 17.4. The molecule has 1 aliphatic rings. The number of hydrogen-bond donors (Lipinski definition) is 1. The molecule has 4 heterocycles. The van der Waals surface area contributed by atoms with Gasteiger partial charge < -0.3 is 10.0 Å². The second-order valence-electron chi connectivity index (χ2n) is 6.97. The summed E-state index contributed by atoms with van der Waals surface area (Å²) >= 11 is 1.44. The zero-order valence-corrected chi connectivity index (χ0v) is 17.1. The number of aromatic nitrogens is 3. The lowest BCUT2D eigenvalue weighted by Crippen LogP contribution is -2.28. The molecule has 1 amide bonds. The maximum absolute atomic E-state index is 13.0. The van der Waals surface area contributed by atoms with Crippen molar-refractivity contribution in [3.8, 4) is 0 Å². The number of likely N-dealkylation sites (tertiary alicyclic amines) is 1. The molecule has 1 saturated heterocycles. The number of aryl methyl sites for hydroxylation is 2. The van der Waals surface area contributed by atoms with Crippen LogP contribution in [0.25, 0.3) is 5.76 Å². The summed E-state index contributed by atoms with van der Waals surface area (Å²) in [7, 11) is 1.77. The lowest BCUT2D eigenvalue weighted by Gasteiger charge is -2.24. The Kier molecular flexibility index (Phi) is 4.79. The molecule has 29 heavy (non-hydrogen) atoms. The summed E-state index contributed by atoms with van der Waals surface area (Å²) < 4.78 is 1.65. The van der Waals surface area contributed by atoms with Crippen LogP contribution in [-0.4, -0.2) is 36.5 Å². The Bertz CT molecular complexity index is 1120. The van der Waals surface area contributed by atoms with E-state index in [0.717, 1.165) is 16.1 Å². The fraction of sp³-hybridized carbons (Fsp3) is 0.238. The molecule has 1 aliphatic heterocycles. The number of nitrogens with zero attached hydrogens (tertiary/aromatic N) is 4. The Morgan fingerprint density at radius 1 is 1.24 bits per heavy atom. The Morgan fingerprint density at radius 2 is 2.03 bits per heavy atom. The van der Waals surface area contributed by atoms with Gasteiger partial charge >= 0.3 is 0 Å². The van der Waals surface area contributed by atoms with E-state index in [9.17, 15) is 14.7 Å². The van der Waals surface area contributed by atoms with Crippen LogP contribution in [-0.2, 0) is 23.2 Å². The number of carbonyl (C=O) groups excluding carboxylic acids is 2. The fourth-order valence-electron chi connectivity index (χ4n) is 3.73. The normalized spacial score (nSPS) is 18.6. The minimum atomic E-state index is -0.688. The molecule has 0 bridgehead atoms. The summed E-state index contributed by atoms with van der Waals surface area (Å²) in [6.45, 7) is 3.82. The van der Waals surface area contributed by atoms with Crippen molar-refractivity contribution >= 4 is 28.8 Å². The first-order valence-corrected chi connectivity index (χ1v) is 9.99. The maximum Gasteiger partial charge on any atom is 0.295 e. The van der Waals surface area contributed by atoms with Crippen molar-refractivity contribution in [3.63, 3.8) is 0 Å². The fourth-order valence-corrected chi connectivity index (χ4v) is 4.57. The van der Waals surface area contributed by atoms with Gasteiger partial charge in [-0.3, -0.25) is 19.3 Å². The monoisotopic (exact) mass is 408 g/mol. The van der Waals surface area contributed by atoms with Crippen LogP contribution < -0.4 is 0 Å². The lowest BCUT2D eigenvalue weighted by molar-refractivity contribution is -0.140. The van der Waals surface area contributed by atoms with Crippen molar-refractivity contribution in [2.75, 3.05) is 0 Å². The number of pyridine rings is 1. The van der Waals surface area contributed by atoms with Crippen LogP contribution in [0.4, 0.5) is 0 Å². The molecular formula is C21H20N4O3S. The van der Waals surface area contributed by atoms with E-state index in [1.807, 2.05) is 30.5 Å². The van der Waals surface area contributed by atoms with Gasteiger partial charge in [-0.1, -0.05) is 12.1 Å². The quantitative estimate of drug-likeness (QED) is 0.407. The predicted molar refractivity (Wildman–Crippen MR) is 109 cm³/mol. The molecule has 148 valence electrons. The molecular weight excluding hydrogens is 388 g/mol. The third kappa shape index (κ3) is 3.15. The van der Waals surface area contributed by atoms with E-state index in [1.54, 1.807) is 37.1 Å². The van der Waals surface area contributed by atoms with Crippen molar-refractivity contribution in [2.24, 2.45) is 7.05 Å². The molecule has 0 spiro atoms. The van der Waals surface area contributed by atoms with Gasteiger partial charge in [-0.05, 0) is 36.9 Å². The van der Waals surface area contributed by atoms with Gasteiger partial charge in [0.1, 0.15) is 5.76 Å². The van der Waals surface area contributed by atoms with Crippen molar-refractivity contribution < 1.29 is 14.7 Å². The first kappa shape index (κ1) is 19.1. The number of amides is 1. The smallest absolute Gasteiger partial charge is 0.295 e. The number of ketones is 1. The Morgan fingerprint density at radius 3 is 2.62 bits per heavy atom. The second kappa shape index (κ2) is 7.29. The number of aliphatic hydroxyl groups is 1. The van der Waals surface area contributed by atoms with Crippen LogP contribution in [0.2, 0.25) is 0 Å². The van der Waals surface area contributed by atoms with Crippen molar-refractivity contribution in [1.29, 1.82) is 0 Å². The van der Waals surface area contributed by atoms with Crippen LogP contribution in [0.1, 0.15) is 33.4 Å². The topological polar surface area (TPSA) is 88.3 Å². The minimum Gasteiger partial charge on any atom is -0.507 e. The minimum absolute atomic E-state index is 0.0977. The number of carbonyl (C=O) groups is 2. The molecule has 1 fully saturated rings. The molecule has 4 rings (SSSR count). The van der Waals surface area contributed by atoms with E-state index in [2.05, 4.69) is 10.1 Å². The van der Waals surface area contributed by atoms with Crippen LogP contribution in [0, 0.1) is 13.8 Å². The highest BCUT2D eigenvalue weighted by Gasteiger charge is 2.47. The zero-order valence-electron chi connectivity index (χ0n) is 16.3. The van der Waals surface area contributed by atoms with Gasteiger partial charge in [-0.15, -0.1) is 11.3 Å². The number of Topliss-reactive ketones (excluding diaryl/α,β-unsaturated/α-hetero) is 1. The van der Waals surface area contributed by atoms with E-state index in [4.69, 9.17) is 0 Å². The van der Waals surface area contributed by atoms with Crippen LogP contribution in [0.5, 0.6) is 0 Å². The zero-order chi connectivity index (χ0) is 20.7. The number of rotatable bonds is 4. The summed E-state index contributed by atoms with van der Waals surface area (Å²) in [4.78, 5) is 32.3. The molecule has 1 atom stereocenters. The maximum atomic E-state index is 13.0. The summed E-state index contributed by atoms with van der Waals surface area (Å²) in [6.07, 6.45) is 3.32. The highest BCUT2D eigenvalue weighted by Crippen LogP contribution is 2.42. The summed E-state index contributed by atoms with van der Waals surface area (Å²) in [5.74, 6) is -1.50. The van der Waals surface area contributed by atoms with E-state index in [1.165, 1.54) is 16.2 Å². The average molecular weight is 408 g/mol. The Hall–Kier alpha value is -3.26. The van der Waals surface area contributed by atoms with Crippen molar-refractivity contribution in [1.82, 2.24) is 19.7 Å². The molecule has 1 unspecified atom stereocenters. The third-order valence-corrected chi connectivity index (χ3v) is 6.10. The lowest BCUT2D eigenvalue weighted by atomic mass is 9.99. The first-order valence-electron chi connectivity index (χ1n) is 9.11. The Labute approximate surface area is 171 Å². The average Bonchev–Trinajstić information content (AvgIpc) is 3.37. The van der Waals surface area contributed by atoms with Gasteiger partial charge in [0.15, 0.2) is 0 Å². The molecule has 1 N–H and O–H groups in total. The third-order valence-electron chi connectivity index (χ3n) is 5.17. The van der Waals surface area contributed by atoms with Crippen molar-refractivity contribution in [3.05, 3.63) is 75.0 Å². The van der Waals surface area contributed by atoms with Gasteiger partial charge in [0.05, 0.1) is 22.9 Å². The number of hydrogen-bond acceptors (Lipinski definition) is 6. The summed E-state index contributed by atoms with van der Waals surface area (Å²) in [5.41, 5.74) is 2.73. The van der Waals surface area contributed by atoms with E-state index in [0.29, 0.717) is 11.3 Å². The van der Waals surface area contributed by atoms with Gasteiger partial charge in [-0.2, -0.15) is 5.10 Å². The first-order chi connectivity index (χ1) is 13.9. The SMILES string of the molecule is Cc1nn(C)c(C)c1C(O)=C1C(=O)C(=O)N(Cc2cccnc2)C1c1cccs1. The van der Waals surface area contributed by atoms with Gasteiger partial charge in [0.25, 0.3) is 11.7 Å². The second-order valence-corrected chi connectivity index (χ2v) is 7.95. The largest absolute Gasteiger partial charge is 0.507 e. The molecule has 0 saturated carbocycles. The van der Waals surface area contributed by atoms with Crippen molar-refractivity contribution in [2.45, 2.75) is 26.4 Å². The van der Waals surface area contributed by atoms with E-state index >= 15 is 0 Å². The standard InChI is InChI=1S/C21H20N4O3S/c1-12-16(13(2)24(3)23-12)19(26)17-18(15-7-5-9-29-15)25(21(28)20(17)27)11-14-6-4-8-22-10-14/h4-10,18,26H,11H2,1-3H3. The molecule has 7 nitrogen and oxygen atoms in total. The van der Waals surface area contributed by atoms with Crippen LogP contribution in [0.15, 0.2) is 47.6 Å². The summed E-state index contributed by atoms with van der Waals surface area (Å²) in [6, 6.07) is 6.72. The molecule has 3 aromatic rings. The molecule has 0 radical (unpaired) electrons. The van der Waals surface area contributed by atoms with Gasteiger partial charge in [0.2, 0.25) is 0 Å². The molecule has 0 aromatic carbocycles. The molecule has 0 aliphatic carbocycles. The highest BCUT2D eigenvalue weighted by molar-refractivity contribution is 7.10.